The van der Waals surface area contributed by atoms with Gasteiger partial charge >= 0.3 is 0 Å². The zero-order valence-electron chi connectivity index (χ0n) is 15.3. The first-order valence-corrected chi connectivity index (χ1v) is 10.1. The third kappa shape index (κ3) is 6.81. The highest BCUT2D eigenvalue weighted by molar-refractivity contribution is 9.10. The van der Waals surface area contributed by atoms with Gasteiger partial charge in [0.15, 0.2) is 0 Å². The number of rotatable bonds is 7. The Bertz CT molecular complexity index is 564. The van der Waals surface area contributed by atoms with Gasteiger partial charge in [0, 0.05) is 35.9 Å². The van der Waals surface area contributed by atoms with Crippen LogP contribution in [0.2, 0.25) is 0 Å². The maximum atomic E-state index is 12.1. The zero-order valence-corrected chi connectivity index (χ0v) is 16.8. The van der Waals surface area contributed by atoms with Crippen molar-refractivity contribution >= 4 is 27.7 Å². The smallest absolute Gasteiger partial charge is 0.225 e. The molecule has 0 aliphatic carbocycles. The van der Waals surface area contributed by atoms with Crippen LogP contribution < -0.4 is 5.32 Å². The molecule has 0 atom stereocenters. The van der Waals surface area contributed by atoms with Gasteiger partial charge in [-0.25, -0.2) is 0 Å². The molecule has 0 saturated carbocycles. The van der Waals surface area contributed by atoms with Crippen molar-refractivity contribution in [1.82, 2.24) is 10.2 Å². The van der Waals surface area contributed by atoms with Gasteiger partial charge in [0.05, 0.1) is 0 Å². The van der Waals surface area contributed by atoms with Gasteiger partial charge in [0.1, 0.15) is 0 Å². The van der Waals surface area contributed by atoms with Crippen molar-refractivity contribution in [3.8, 4) is 0 Å². The summed E-state index contributed by atoms with van der Waals surface area (Å²) in [7, 11) is 0. The van der Waals surface area contributed by atoms with Crippen molar-refractivity contribution < 1.29 is 9.59 Å². The predicted octanol–water partition coefficient (Wildman–Crippen LogP) is 3.93. The van der Waals surface area contributed by atoms with Gasteiger partial charge < -0.3 is 10.2 Å². The Morgan fingerprint density at radius 1 is 1.16 bits per heavy atom. The third-order valence-electron chi connectivity index (χ3n) is 4.70. The number of likely N-dealkylation sites (tertiary alicyclic amines) is 1. The summed E-state index contributed by atoms with van der Waals surface area (Å²) < 4.78 is 1.09. The molecular weight excluding hydrogens is 380 g/mol. The van der Waals surface area contributed by atoms with Crippen LogP contribution in [0.4, 0.5) is 0 Å². The minimum Gasteiger partial charge on any atom is -0.353 e. The van der Waals surface area contributed by atoms with Crippen molar-refractivity contribution in [2.24, 2.45) is 5.92 Å². The first-order valence-electron chi connectivity index (χ1n) is 9.28. The van der Waals surface area contributed by atoms with Gasteiger partial charge in [-0.1, -0.05) is 41.9 Å². The lowest BCUT2D eigenvalue weighted by Crippen LogP contribution is -2.47. The predicted molar refractivity (Wildman–Crippen MR) is 104 cm³/mol. The summed E-state index contributed by atoms with van der Waals surface area (Å²) in [5.41, 5.74) is 1.31. The average molecular weight is 409 g/mol. The number of amides is 2. The number of benzene rings is 1. The molecule has 25 heavy (non-hydrogen) atoms. The van der Waals surface area contributed by atoms with E-state index in [1.54, 1.807) is 0 Å². The standard InChI is InChI=1S/C20H29BrN2O2/c1-15(2)20(25)23-13-11-18(12-14-23)22-19(24)6-4-3-5-16-7-9-17(21)10-8-16/h7-10,15,18H,3-6,11-14H2,1-2H3,(H,22,24). The number of aryl methyl sites for hydroxylation is 1. The van der Waals surface area contributed by atoms with Crippen LogP contribution in [0.5, 0.6) is 0 Å². The molecule has 1 aromatic rings. The Morgan fingerprint density at radius 2 is 1.80 bits per heavy atom. The van der Waals surface area contributed by atoms with E-state index >= 15 is 0 Å². The van der Waals surface area contributed by atoms with Gasteiger partial charge in [0.25, 0.3) is 0 Å². The quantitative estimate of drug-likeness (QED) is 0.694. The largest absolute Gasteiger partial charge is 0.353 e. The molecule has 0 unspecified atom stereocenters. The van der Waals surface area contributed by atoms with Crippen LogP contribution in [-0.4, -0.2) is 35.8 Å². The topological polar surface area (TPSA) is 49.4 Å². The fourth-order valence-corrected chi connectivity index (χ4v) is 3.44. The zero-order chi connectivity index (χ0) is 18.2. The second-order valence-electron chi connectivity index (χ2n) is 7.16. The van der Waals surface area contributed by atoms with Crippen molar-refractivity contribution in [2.45, 2.75) is 58.4 Å². The molecule has 138 valence electrons. The van der Waals surface area contributed by atoms with Gasteiger partial charge in [-0.05, 0) is 49.8 Å². The summed E-state index contributed by atoms with van der Waals surface area (Å²) in [4.78, 5) is 26.0. The van der Waals surface area contributed by atoms with Crippen LogP contribution in [0, 0.1) is 5.92 Å². The minimum absolute atomic E-state index is 0.0527. The SMILES string of the molecule is CC(C)C(=O)N1CCC(NC(=O)CCCCc2ccc(Br)cc2)CC1. The van der Waals surface area contributed by atoms with E-state index in [9.17, 15) is 9.59 Å². The molecule has 0 aromatic heterocycles. The number of carbonyl (C=O) groups excluding carboxylic acids is 2. The normalized spacial score (nSPS) is 15.4. The Labute approximate surface area is 159 Å². The van der Waals surface area contributed by atoms with Gasteiger partial charge in [-0.2, -0.15) is 0 Å². The number of halogens is 1. The van der Waals surface area contributed by atoms with Gasteiger partial charge in [-0.3, -0.25) is 9.59 Å². The lowest BCUT2D eigenvalue weighted by atomic mass is 10.0. The second kappa shape index (κ2) is 9.95. The van der Waals surface area contributed by atoms with E-state index in [-0.39, 0.29) is 23.8 Å². The van der Waals surface area contributed by atoms with E-state index < -0.39 is 0 Å². The molecule has 2 amide bonds. The Morgan fingerprint density at radius 3 is 2.40 bits per heavy atom. The number of hydrogen-bond donors (Lipinski definition) is 1. The van der Waals surface area contributed by atoms with E-state index in [2.05, 4.69) is 45.5 Å². The molecule has 5 heteroatoms. The van der Waals surface area contributed by atoms with E-state index in [1.807, 2.05) is 18.7 Å². The molecule has 4 nitrogen and oxygen atoms in total. The molecule has 0 radical (unpaired) electrons. The van der Waals surface area contributed by atoms with Crippen LogP contribution in [0.15, 0.2) is 28.7 Å². The molecule has 1 heterocycles. The number of piperidine rings is 1. The number of unbranched alkanes of at least 4 members (excludes halogenated alkanes) is 1. The number of hydrogen-bond acceptors (Lipinski definition) is 2. The number of carbonyl (C=O) groups is 2. The van der Waals surface area contributed by atoms with Crippen LogP contribution in [-0.2, 0) is 16.0 Å². The third-order valence-corrected chi connectivity index (χ3v) is 5.23. The van der Waals surface area contributed by atoms with Crippen molar-refractivity contribution in [2.75, 3.05) is 13.1 Å². The average Bonchev–Trinajstić information content (AvgIpc) is 2.60. The van der Waals surface area contributed by atoms with E-state index in [0.29, 0.717) is 6.42 Å². The highest BCUT2D eigenvalue weighted by atomic mass is 79.9. The highest BCUT2D eigenvalue weighted by Crippen LogP contribution is 2.15. The molecular formula is C20H29BrN2O2. The van der Waals surface area contributed by atoms with Crippen LogP contribution >= 0.6 is 15.9 Å². The fraction of sp³-hybridized carbons (Fsp3) is 0.600. The van der Waals surface area contributed by atoms with Gasteiger partial charge in [-0.15, -0.1) is 0 Å². The molecule has 1 aromatic carbocycles. The maximum absolute atomic E-state index is 12.1. The maximum Gasteiger partial charge on any atom is 0.225 e. The lowest BCUT2D eigenvalue weighted by molar-refractivity contribution is -0.135. The van der Waals surface area contributed by atoms with Crippen molar-refractivity contribution in [1.29, 1.82) is 0 Å². The Hall–Kier alpha value is -1.36. The molecule has 0 bridgehead atoms. The first kappa shape index (κ1) is 20.0. The van der Waals surface area contributed by atoms with E-state index in [4.69, 9.17) is 0 Å². The minimum atomic E-state index is 0.0527. The molecule has 0 spiro atoms. The monoisotopic (exact) mass is 408 g/mol. The summed E-state index contributed by atoms with van der Waals surface area (Å²) in [6.07, 6.45) is 5.26. The summed E-state index contributed by atoms with van der Waals surface area (Å²) in [6, 6.07) is 8.57. The molecule has 2 rings (SSSR count). The van der Waals surface area contributed by atoms with Crippen LogP contribution in [0.25, 0.3) is 0 Å². The molecule has 1 fully saturated rings. The molecule has 1 aliphatic rings. The summed E-state index contributed by atoms with van der Waals surface area (Å²) in [5.74, 6) is 0.416. The molecule has 1 saturated heterocycles. The van der Waals surface area contributed by atoms with E-state index in [1.165, 1.54) is 5.56 Å². The highest BCUT2D eigenvalue weighted by Gasteiger charge is 2.24. The summed E-state index contributed by atoms with van der Waals surface area (Å²) in [5, 5.41) is 3.13. The Balaban J connectivity index is 1.60. The second-order valence-corrected chi connectivity index (χ2v) is 8.07. The van der Waals surface area contributed by atoms with Crippen molar-refractivity contribution in [3.05, 3.63) is 34.3 Å². The van der Waals surface area contributed by atoms with Crippen LogP contribution in [0.1, 0.15) is 51.5 Å². The van der Waals surface area contributed by atoms with Gasteiger partial charge in [0.2, 0.25) is 11.8 Å². The summed E-state index contributed by atoms with van der Waals surface area (Å²) >= 11 is 3.44. The number of nitrogens with zero attached hydrogens (tertiary/aromatic N) is 1. The van der Waals surface area contributed by atoms with E-state index in [0.717, 1.165) is 49.7 Å². The fourth-order valence-electron chi connectivity index (χ4n) is 3.17. The summed E-state index contributed by atoms with van der Waals surface area (Å²) in [6.45, 7) is 5.38. The molecule has 1 N–H and O–H groups in total. The van der Waals surface area contributed by atoms with Crippen molar-refractivity contribution in [3.63, 3.8) is 0 Å². The van der Waals surface area contributed by atoms with Crippen LogP contribution in [0.3, 0.4) is 0 Å². The lowest BCUT2D eigenvalue weighted by Gasteiger charge is -2.33. The number of nitrogens with one attached hydrogen (secondary N) is 1. The Kier molecular flexibility index (Phi) is 7.94. The first-order chi connectivity index (χ1) is 12.0. The molecule has 1 aliphatic heterocycles.